The molecule has 1 aliphatic heterocycles. The molecule has 3 atom stereocenters. The fourth-order valence-electron chi connectivity index (χ4n) is 2.51. The standard InChI is InChI=1S/C12H20N2O5/c15-11(16)9-2-1-3-10(9)14-12(17)13-6-8-7-18-4-5-19-8/h8-10H,1-7H2,(H,15,16)(H2,13,14,17). The van der Waals surface area contributed by atoms with Crippen LogP contribution in [0.5, 0.6) is 0 Å². The second-order valence-corrected chi connectivity index (χ2v) is 4.90. The van der Waals surface area contributed by atoms with Crippen LogP contribution in [0.15, 0.2) is 0 Å². The lowest BCUT2D eigenvalue weighted by atomic mass is 10.0. The number of aliphatic carboxylic acids is 1. The highest BCUT2D eigenvalue weighted by atomic mass is 16.6. The average Bonchev–Trinajstić information content (AvgIpc) is 2.86. The Labute approximate surface area is 111 Å². The highest BCUT2D eigenvalue weighted by Gasteiger charge is 2.33. The van der Waals surface area contributed by atoms with E-state index >= 15 is 0 Å². The van der Waals surface area contributed by atoms with Gasteiger partial charge < -0.3 is 25.2 Å². The van der Waals surface area contributed by atoms with Crippen molar-refractivity contribution < 1.29 is 24.2 Å². The van der Waals surface area contributed by atoms with Gasteiger partial charge >= 0.3 is 12.0 Å². The molecule has 7 heteroatoms. The molecular formula is C12H20N2O5. The van der Waals surface area contributed by atoms with Gasteiger partial charge in [-0.25, -0.2) is 4.79 Å². The first-order valence-electron chi connectivity index (χ1n) is 6.63. The van der Waals surface area contributed by atoms with Crippen LogP contribution in [0.2, 0.25) is 0 Å². The van der Waals surface area contributed by atoms with Crippen LogP contribution in [0.1, 0.15) is 19.3 Å². The number of carboxylic acid groups (broad SMARTS) is 1. The van der Waals surface area contributed by atoms with E-state index in [9.17, 15) is 9.59 Å². The Balaban J connectivity index is 1.70. The minimum atomic E-state index is -0.841. The van der Waals surface area contributed by atoms with Crippen molar-refractivity contribution >= 4 is 12.0 Å². The number of carbonyl (C=O) groups excluding carboxylic acids is 1. The molecule has 0 radical (unpaired) electrons. The molecule has 0 aromatic heterocycles. The van der Waals surface area contributed by atoms with Gasteiger partial charge in [0.1, 0.15) is 0 Å². The molecular weight excluding hydrogens is 252 g/mol. The molecule has 3 unspecified atom stereocenters. The Bertz CT molecular complexity index is 330. The van der Waals surface area contributed by atoms with Crippen LogP contribution in [-0.4, -0.2) is 55.6 Å². The lowest BCUT2D eigenvalue weighted by Crippen LogP contribution is -2.48. The number of amides is 2. The normalized spacial score (nSPS) is 30.8. The van der Waals surface area contributed by atoms with Gasteiger partial charge in [-0.2, -0.15) is 0 Å². The second-order valence-electron chi connectivity index (χ2n) is 4.90. The minimum absolute atomic E-state index is 0.127. The van der Waals surface area contributed by atoms with Crippen LogP contribution < -0.4 is 10.6 Å². The van der Waals surface area contributed by atoms with E-state index in [1.165, 1.54) is 0 Å². The van der Waals surface area contributed by atoms with Crippen molar-refractivity contribution in [2.24, 2.45) is 5.92 Å². The van der Waals surface area contributed by atoms with Gasteiger partial charge in [0.25, 0.3) is 0 Å². The maximum absolute atomic E-state index is 11.7. The van der Waals surface area contributed by atoms with E-state index in [-0.39, 0.29) is 18.2 Å². The molecule has 108 valence electrons. The van der Waals surface area contributed by atoms with E-state index in [1.807, 2.05) is 0 Å². The van der Waals surface area contributed by atoms with E-state index in [4.69, 9.17) is 14.6 Å². The molecule has 1 saturated carbocycles. The Hall–Kier alpha value is -1.34. The Kier molecular flexibility index (Phi) is 4.98. The molecule has 3 N–H and O–H groups in total. The number of hydrogen-bond donors (Lipinski definition) is 3. The third-order valence-corrected chi connectivity index (χ3v) is 3.52. The number of hydrogen-bond acceptors (Lipinski definition) is 4. The van der Waals surface area contributed by atoms with Crippen molar-refractivity contribution in [3.63, 3.8) is 0 Å². The van der Waals surface area contributed by atoms with Crippen LogP contribution in [0.4, 0.5) is 4.79 Å². The lowest BCUT2D eigenvalue weighted by Gasteiger charge is -2.24. The summed E-state index contributed by atoms with van der Waals surface area (Å²) in [5, 5.41) is 14.4. The zero-order valence-corrected chi connectivity index (χ0v) is 10.8. The monoisotopic (exact) mass is 272 g/mol. The molecule has 0 aromatic rings. The van der Waals surface area contributed by atoms with Crippen molar-refractivity contribution in [2.45, 2.75) is 31.4 Å². The largest absolute Gasteiger partial charge is 0.481 e. The van der Waals surface area contributed by atoms with E-state index < -0.39 is 11.9 Å². The zero-order chi connectivity index (χ0) is 13.7. The second kappa shape index (κ2) is 6.72. The minimum Gasteiger partial charge on any atom is -0.481 e. The Morgan fingerprint density at radius 3 is 2.79 bits per heavy atom. The summed E-state index contributed by atoms with van der Waals surface area (Å²) in [6.45, 7) is 1.97. The van der Waals surface area contributed by atoms with Crippen LogP contribution in [0.25, 0.3) is 0 Å². The Morgan fingerprint density at radius 1 is 1.26 bits per heavy atom. The molecule has 2 aliphatic rings. The summed E-state index contributed by atoms with van der Waals surface area (Å²) in [6.07, 6.45) is 2.05. The van der Waals surface area contributed by atoms with Crippen LogP contribution in [0, 0.1) is 5.92 Å². The number of nitrogens with one attached hydrogen (secondary N) is 2. The third kappa shape index (κ3) is 4.07. The summed E-state index contributed by atoms with van der Waals surface area (Å²) in [4.78, 5) is 22.7. The summed E-state index contributed by atoms with van der Waals surface area (Å²) < 4.78 is 10.6. The summed E-state index contributed by atoms with van der Waals surface area (Å²) in [6, 6.07) is -0.617. The van der Waals surface area contributed by atoms with Gasteiger partial charge in [0.05, 0.1) is 31.8 Å². The molecule has 0 aromatic carbocycles. The molecule has 2 fully saturated rings. The predicted octanol–water partition coefficient (Wildman–Crippen LogP) is -0.0457. The number of urea groups is 1. The molecule has 0 bridgehead atoms. The maximum atomic E-state index is 11.7. The van der Waals surface area contributed by atoms with Gasteiger partial charge in [0.2, 0.25) is 0 Å². The number of carboxylic acids is 1. The Morgan fingerprint density at radius 2 is 2.11 bits per heavy atom. The van der Waals surface area contributed by atoms with Crippen molar-refractivity contribution in [1.82, 2.24) is 10.6 Å². The van der Waals surface area contributed by atoms with Crippen molar-refractivity contribution in [3.8, 4) is 0 Å². The first-order chi connectivity index (χ1) is 9.16. The summed E-state index contributed by atoms with van der Waals surface area (Å²) in [7, 11) is 0. The van der Waals surface area contributed by atoms with Gasteiger partial charge in [-0.3, -0.25) is 4.79 Å². The third-order valence-electron chi connectivity index (χ3n) is 3.52. The summed E-state index contributed by atoms with van der Waals surface area (Å²) in [5.74, 6) is -1.31. The maximum Gasteiger partial charge on any atom is 0.315 e. The average molecular weight is 272 g/mol. The highest BCUT2D eigenvalue weighted by molar-refractivity contribution is 5.77. The summed E-state index contributed by atoms with van der Waals surface area (Å²) >= 11 is 0. The molecule has 1 heterocycles. The molecule has 2 rings (SSSR count). The van der Waals surface area contributed by atoms with E-state index in [0.29, 0.717) is 39.2 Å². The quantitative estimate of drug-likeness (QED) is 0.667. The molecule has 19 heavy (non-hydrogen) atoms. The lowest BCUT2D eigenvalue weighted by molar-refractivity contribution is -0.142. The topological polar surface area (TPSA) is 96.9 Å². The van der Waals surface area contributed by atoms with Crippen LogP contribution in [-0.2, 0) is 14.3 Å². The van der Waals surface area contributed by atoms with Gasteiger partial charge in [0, 0.05) is 12.6 Å². The number of ether oxygens (including phenoxy) is 2. The molecule has 2 amide bonds. The van der Waals surface area contributed by atoms with E-state index in [1.54, 1.807) is 0 Å². The van der Waals surface area contributed by atoms with Crippen molar-refractivity contribution in [3.05, 3.63) is 0 Å². The van der Waals surface area contributed by atoms with Crippen molar-refractivity contribution in [2.75, 3.05) is 26.4 Å². The molecule has 1 saturated heterocycles. The molecule has 0 spiro atoms. The van der Waals surface area contributed by atoms with Gasteiger partial charge in [-0.15, -0.1) is 0 Å². The summed E-state index contributed by atoms with van der Waals surface area (Å²) in [5.41, 5.74) is 0. The first-order valence-corrected chi connectivity index (χ1v) is 6.63. The SMILES string of the molecule is O=C(NCC1COCCO1)NC1CCCC1C(=O)O. The number of carbonyl (C=O) groups is 2. The molecule has 7 nitrogen and oxygen atoms in total. The highest BCUT2D eigenvalue weighted by Crippen LogP contribution is 2.25. The molecule has 1 aliphatic carbocycles. The van der Waals surface area contributed by atoms with Gasteiger partial charge in [-0.1, -0.05) is 6.42 Å². The smallest absolute Gasteiger partial charge is 0.315 e. The van der Waals surface area contributed by atoms with Crippen LogP contribution >= 0.6 is 0 Å². The van der Waals surface area contributed by atoms with Gasteiger partial charge in [-0.05, 0) is 12.8 Å². The van der Waals surface area contributed by atoms with Gasteiger partial charge in [0.15, 0.2) is 0 Å². The van der Waals surface area contributed by atoms with Crippen LogP contribution in [0.3, 0.4) is 0 Å². The fraction of sp³-hybridized carbons (Fsp3) is 0.833. The first kappa shape index (κ1) is 14.1. The number of rotatable bonds is 4. The van der Waals surface area contributed by atoms with Crippen molar-refractivity contribution in [1.29, 1.82) is 0 Å². The predicted molar refractivity (Wildman–Crippen MR) is 65.9 cm³/mol. The zero-order valence-electron chi connectivity index (χ0n) is 10.8. The van der Waals surface area contributed by atoms with E-state index in [2.05, 4.69) is 10.6 Å². The fourth-order valence-corrected chi connectivity index (χ4v) is 2.51. The van der Waals surface area contributed by atoms with E-state index in [0.717, 1.165) is 6.42 Å².